The molecular weight excluding hydrogens is 204 g/mol. The van der Waals surface area contributed by atoms with Gasteiger partial charge >= 0.3 is 0 Å². The minimum Gasteiger partial charge on any atom is -0.496 e. The number of ether oxygens (including phenoxy) is 2. The topological polar surface area (TPSA) is 18.5 Å². The van der Waals surface area contributed by atoms with Crippen LogP contribution in [-0.4, -0.2) is 20.5 Å². The quantitative estimate of drug-likeness (QED) is 0.619. The minimum absolute atomic E-state index is 0.772. The van der Waals surface area contributed by atoms with Gasteiger partial charge in [-0.2, -0.15) is 0 Å². The number of thioether (sulfide) groups is 1. The van der Waals surface area contributed by atoms with Gasteiger partial charge in [0.2, 0.25) is 0 Å². The number of rotatable bonds is 3. The SMILES string of the molecule is COc1cc(SC)c(OC)cc1S. The lowest BCUT2D eigenvalue weighted by Gasteiger charge is -2.10. The van der Waals surface area contributed by atoms with Gasteiger partial charge in [-0.15, -0.1) is 24.4 Å². The number of hydrogen-bond acceptors (Lipinski definition) is 4. The van der Waals surface area contributed by atoms with Crippen LogP contribution < -0.4 is 9.47 Å². The molecule has 0 N–H and O–H groups in total. The van der Waals surface area contributed by atoms with E-state index in [4.69, 9.17) is 9.47 Å². The number of benzene rings is 1. The summed E-state index contributed by atoms with van der Waals surface area (Å²) in [5, 5.41) is 0. The fourth-order valence-electron chi connectivity index (χ4n) is 1.01. The van der Waals surface area contributed by atoms with E-state index in [1.807, 2.05) is 18.4 Å². The van der Waals surface area contributed by atoms with E-state index in [0.717, 1.165) is 21.3 Å². The summed E-state index contributed by atoms with van der Waals surface area (Å²) in [5.74, 6) is 1.60. The Bertz CT molecular complexity index is 300. The van der Waals surface area contributed by atoms with E-state index < -0.39 is 0 Å². The lowest BCUT2D eigenvalue weighted by atomic mass is 10.3. The second kappa shape index (κ2) is 4.67. The molecule has 0 aliphatic carbocycles. The molecule has 0 fully saturated rings. The predicted octanol–water partition coefficient (Wildman–Crippen LogP) is 2.71. The second-order valence-electron chi connectivity index (χ2n) is 2.38. The van der Waals surface area contributed by atoms with Crippen LogP contribution in [0.2, 0.25) is 0 Å². The van der Waals surface area contributed by atoms with Crippen molar-refractivity contribution in [2.24, 2.45) is 0 Å². The molecule has 1 aromatic rings. The Morgan fingerprint density at radius 1 is 1.15 bits per heavy atom. The predicted molar refractivity (Wildman–Crippen MR) is 58.6 cm³/mol. The monoisotopic (exact) mass is 216 g/mol. The second-order valence-corrected chi connectivity index (χ2v) is 3.71. The van der Waals surface area contributed by atoms with Crippen LogP contribution >= 0.6 is 24.4 Å². The molecule has 0 heterocycles. The third-order valence-corrected chi connectivity index (χ3v) is 2.79. The van der Waals surface area contributed by atoms with Crippen LogP contribution in [0.15, 0.2) is 21.9 Å². The molecule has 0 aliphatic heterocycles. The number of hydrogen-bond donors (Lipinski definition) is 1. The minimum atomic E-state index is 0.772. The molecule has 0 aliphatic rings. The fraction of sp³-hybridized carbons (Fsp3) is 0.333. The number of thiol groups is 1. The Morgan fingerprint density at radius 3 is 2.23 bits per heavy atom. The first-order valence-corrected chi connectivity index (χ1v) is 5.39. The summed E-state index contributed by atoms with van der Waals surface area (Å²) >= 11 is 5.89. The van der Waals surface area contributed by atoms with Gasteiger partial charge in [-0.3, -0.25) is 0 Å². The highest BCUT2D eigenvalue weighted by Gasteiger charge is 2.07. The highest BCUT2D eigenvalue weighted by molar-refractivity contribution is 7.98. The summed E-state index contributed by atoms with van der Waals surface area (Å²) in [7, 11) is 3.28. The van der Waals surface area contributed by atoms with Crippen molar-refractivity contribution >= 4 is 24.4 Å². The summed E-state index contributed by atoms with van der Waals surface area (Å²) in [6, 6.07) is 3.78. The Morgan fingerprint density at radius 2 is 1.77 bits per heavy atom. The zero-order chi connectivity index (χ0) is 9.84. The molecule has 0 atom stereocenters. The fourth-order valence-corrected chi connectivity index (χ4v) is 1.85. The van der Waals surface area contributed by atoms with Crippen molar-refractivity contribution in [2.75, 3.05) is 20.5 Å². The van der Waals surface area contributed by atoms with Gasteiger partial charge in [0, 0.05) is 4.90 Å². The highest BCUT2D eigenvalue weighted by atomic mass is 32.2. The van der Waals surface area contributed by atoms with Crippen molar-refractivity contribution in [3.63, 3.8) is 0 Å². The van der Waals surface area contributed by atoms with Crippen molar-refractivity contribution in [1.82, 2.24) is 0 Å². The van der Waals surface area contributed by atoms with Crippen LogP contribution in [0.25, 0.3) is 0 Å². The Kier molecular flexibility index (Phi) is 3.81. The van der Waals surface area contributed by atoms with Crippen molar-refractivity contribution < 1.29 is 9.47 Å². The van der Waals surface area contributed by atoms with Crippen molar-refractivity contribution in [1.29, 1.82) is 0 Å². The maximum Gasteiger partial charge on any atom is 0.133 e. The lowest BCUT2D eigenvalue weighted by molar-refractivity contribution is 0.386. The Labute approximate surface area is 88.0 Å². The van der Waals surface area contributed by atoms with Gasteiger partial charge < -0.3 is 9.47 Å². The average molecular weight is 216 g/mol. The van der Waals surface area contributed by atoms with Gasteiger partial charge in [-0.05, 0) is 18.4 Å². The first-order chi connectivity index (χ1) is 6.22. The summed E-state index contributed by atoms with van der Waals surface area (Å²) in [6.07, 6.45) is 2.00. The van der Waals surface area contributed by atoms with Crippen LogP contribution in [0, 0.1) is 0 Å². The Hall–Kier alpha value is -0.480. The normalized spacial score (nSPS) is 9.85. The van der Waals surface area contributed by atoms with Crippen molar-refractivity contribution in [2.45, 2.75) is 9.79 Å². The third kappa shape index (κ3) is 2.25. The van der Waals surface area contributed by atoms with Crippen molar-refractivity contribution in [3.8, 4) is 11.5 Å². The Balaban J connectivity index is 3.18. The molecule has 0 spiro atoms. The molecular formula is C9H12O2S2. The average Bonchev–Trinajstić information content (AvgIpc) is 2.17. The maximum absolute atomic E-state index is 5.19. The van der Waals surface area contributed by atoms with Gasteiger partial charge in [-0.25, -0.2) is 0 Å². The van der Waals surface area contributed by atoms with Crippen LogP contribution in [0.5, 0.6) is 11.5 Å². The summed E-state index contributed by atoms with van der Waals surface area (Å²) in [4.78, 5) is 1.84. The molecule has 2 nitrogen and oxygen atoms in total. The summed E-state index contributed by atoms with van der Waals surface area (Å²) in [5.41, 5.74) is 0. The van der Waals surface area contributed by atoms with E-state index in [9.17, 15) is 0 Å². The highest BCUT2D eigenvalue weighted by Crippen LogP contribution is 2.35. The van der Waals surface area contributed by atoms with Gasteiger partial charge in [0.1, 0.15) is 11.5 Å². The molecule has 72 valence electrons. The largest absolute Gasteiger partial charge is 0.496 e. The lowest BCUT2D eigenvalue weighted by Crippen LogP contribution is -1.90. The molecule has 0 saturated heterocycles. The molecule has 0 bridgehead atoms. The zero-order valence-electron chi connectivity index (χ0n) is 7.83. The standard InChI is InChI=1S/C9H12O2S2/c1-10-6-5-9(13-3)7(11-2)4-8(6)12/h4-5,12H,1-3H3. The first kappa shape index (κ1) is 10.6. The van der Waals surface area contributed by atoms with E-state index in [0.29, 0.717) is 0 Å². The van der Waals surface area contributed by atoms with E-state index >= 15 is 0 Å². The molecule has 4 heteroatoms. The zero-order valence-corrected chi connectivity index (χ0v) is 9.54. The molecule has 0 saturated carbocycles. The molecule has 0 unspecified atom stereocenters. The molecule has 0 amide bonds. The maximum atomic E-state index is 5.19. The summed E-state index contributed by atoms with van der Waals surface area (Å²) in [6.45, 7) is 0. The van der Waals surface area contributed by atoms with E-state index in [1.54, 1.807) is 26.0 Å². The van der Waals surface area contributed by atoms with Crippen LogP contribution in [0.3, 0.4) is 0 Å². The molecule has 0 radical (unpaired) electrons. The molecule has 13 heavy (non-hydrogen) atoms. The molecule has 0 aromatic heterocycles. The van der Waals surface area contributed by atoms with Gasteiger partial charge in [0.05, 0.1) is 19.1 Å². The molecule has 1 rings (SSSR count). The third-order valence-electron chi connectivity index (χ3n) is 1.69. The van der Waals surface area contributed by atoms with Crippen LogP contribution in [0.1, 0.15) is 0 Å². The van der Waals surface area contributed by atoms with E-state index in [-0.39, 0.29) is 0 Å². The van der Waals surface area contributed by atoms with E-state index in [1.165, 1.54) is 0 Å². The van der Waals surface area contributed by atoms with E-state index in [2.05, 4.69) is 12.6 Å². The van der Waals surface area contributed by atoms with Crippen LogP contribution in [-0.2, 0) is 0 Å². The molecule has 1 aromatic carbocycles. The van der Waals surface area contributed by atoms with Gasteiger partial charge in [-0.1, -0.05) is 0 Å². The van der Waals surface area contributed by atoms with Crippen molar-refractivity contribution in [3.05, 3.63) is 12.1 Å². The van der Waals surface area contributed by atoms with Gasteiger partial charge in [0.15, 0.2) is 0 Å². The number of methoxy groups -OCH3 is 2. The van der Waals surface area contributed by atoms with Crippen LogP contribution in [0.4, 0.5) is 0 Å². The summed E-state index contributed by atoms with van der Waals surface area (Å²) < 4.78 is 10.3. The smallest absolute Gasteiger partial charge is 0.133 e. The first-order valence-electron chi connectivity index (χ1n) is 3.72. The van der Waals surface area contributed by atoms with Gasteiger partial charge in [0.25, 0.3) is 0 Å².